The van der Waals surface area contributed by atoms with Crippen LogP contribution in [0.2, 0.25) is 0 Å². The third-order valence-corrected chi connectivity index (χ3v) is 5.00. The Kier molecular flexibility index (Phi) is 4.87. The lowest BCUT2D eigenvalue weighted by atomic mass is 9.96. The largest absolute Gasteiger partial charge is 0.359 e. The van der Waals surface area contributed by atoms with Crippen LogP contribution in [-0.4, -0.2) is 49.1 Å². The van der Waals surface area contributed by atoms with Crippen LogP contribution < -0.4 is 5.32 Å². The number of anilines is 1. The fraction of sp³-hybridized carbons (Fsp3) is 0.688. The molecule has 0 unspecified atom stereocenters. The summed E-state index contributed by atoms with van der Waals surface area (Å²) in [5.41, 5.74) is -0.0575. The average molecular weight is 352 g/mol. The van der Waals surface area contributed by atoms with Crippen molar-refractivity contribution in [2.24, 2.45) is 7.05 Å². The molecule has 3 rings (SSSR count). The van der Waals surface area contributed by atoms with Gasteiger partial charge in [0.25, 0.3) is 0 Å². The van der Waals surface area contributed by atoms with Crippen LogP contribution in [0.3, 0.4) is 0 Å². The SMILES string of the molecule is Cn1ccnc1CN1C[C@@H](F)C[C@H]1CNc1nc(C(C)(C)C)ns1. The quantitative estimate of drug-likeness (QED) is 0.896. The summed E-state index contributed by atoms with van der Waals surface area (Å²) in [6, 6.07) is 0.138. The first-order chi connectivity index (χ1) is 11.3. The zero-order valence-corrected chi connectivity index (χ0v) is 15.5. The topological polar surface area (TPSA) is 58.9 Å². The van der Waals surface area contributed by atoms with E-state index in [1.54, 1.807) is 6.20 Å². The van der Waals surface area contributed by atoms with Gasteiger partial charge in [0, 0.05) is 55.5 Å². The molecule has 1 saturated heterocycles. The summed E-state index contributed by atoms with van der Waals surface area (Å²) in [6.07, 6.45) is 3.46. The van der Waals surface area contributed by atoms with Gasteiger partial charge in [-0.1, -0.05) is 20.8 Å². The molecule has 24 heavy (non-hydrogen) atoms. The molecule has 0 aliphatic carbocycles. The maximum atomic E-state index is 13.9. The first-order valence-electron chi connectivity index (χ1n) is 8.25. The van der Waals surface area contributed by atoms with Gasteiger partial charge in [0.1, 0.15) is 17.8 Å². The Balaban J connectivity index is 1.60. The van der Waals surface area contributed by atoms with Crippen molar-refractivity contribution in [3.63, 3.8) is 0 Å². The van der Waals surface area contributed by atoms with Gasteiger partial charge in [0.15, 0.2) is 0 Å². The van der Waals surface area contributed by atoms with Gasteiger partial charge in [-0.15, -0.1) is 0 Å². The predicted octanol–water partition coefficient (Wildman–Crippen LogP) is 2.59. The van der Waals surface area contributed by atoms with Crippen LogP contribution in [0.5, 0.6) is 0 Å². The van der Waals surface area contributed by atoms with Gasteiger partial charge in [-0.2, -0.15) is 4.37 Å². The van der Waals surface area contributed by atoms with Crippen LogP contribution in [0.1, 0.15) is 38.8 Å². The molecule has 6 nitrogen and oxygen atoms in total. The van der Waals surface area contributed by atoms with E-state index >= 15 is 0 Å². The van der Waals surface area contributed by atoms with Gasteiger partial charge in [-0.25, -0.2) is 14.4 Å². The van der Waals surface area contributed by atoms with Crippen molar-refractivity contribution >= 4 is 16.7 Å². The highest BCUT2D eigenvalue weighted by atomic mass is 32.1. The lowest BCUT2D eigenvalue weighted by Crippen LogP contribution is -2.35. The van der Waals surface area contributed by atoms with Crippen LogP contribution in [-0.2, 0) is 19.0 Å². The van der Waals surface area contributed by atoms with Gasteiger partial charge in [0.05, 0.1) is 6.54 Å². The van der Waals surface area contributed by atoms with Crippen molar-refractivity contribution in [1.29, 1.82) is 0 Å². The van der Waals surface area contributed by atoms with Gasteiger partial charge >= 0.3 is 0 Å². The molecule has 0 amide bonds. The number of aromatic nitrogens is 4. The smallest absolute Gasteiger partial charge is 0.202 e. The molecule has 1 N–H and O–H groups in total. The molecule has 1 aliphatic heterocycles. The summed E-state index contributed by atoms with van der Waals surface area (Å²) in [5, 5.41) is 4.14. The predicted molar refractivity (Wildman–Crippen MR) is 94.0 cm³/mol. The Morgan fingerprint density at radius 2 is 2.21 bits per heavy atom. The van der Waals surface area contributed by atoms with Crippen molar-refractivity contribution in [1.82, 2.24) is 23.8 Å². The Bertz CT molecular complexity index is 676. The summed E-state index contributed by atoms with van der Waals surface area (Å²) in [6.45, 7) is 8.08. The van der Waals surface area contributed by atoms with Gasteiger partial charge < -0.3 is 9.88 Å². The number of hydrogen-bond donors (Lipinski definition) is 1. The van der Waals surface area contributed by atoms with Crippen molar-refractivity contribution in [3.8, 4) is 0 Å². The van der Waals surface area contributed by atoms with Crippen molar-refractivity contribution in [2.75, 3.05) is 18.4 Å². The lowest BCUT2D eigenvalue weighted by molar-refractivity contribution is 0.233. The van der Waals surface area contributed by atoms with Crippen molar-refractivity contribution in [3.05, 3.63) is 24.0 Å². The highest BCUT2D eigenvalue weighted by Gasteiger charge is 2.32. The Labute approximate surface area is 146 Å². The van der Waals surface area contributed by atoms with E-state index in [-0.39, 0.29) is 11.5 Å². The zero-order chi connectivity index (χ0) is 17.3. The fourth-order valence-corrected chi connectivity index (χ4v) is 3.63. The highest BCUT2D eigenvalue weighted by molar-refractivity contribution is 7.09. The van der Waals surface area contributed by atoms with E-state index < -0.39 is 6.17 Å². The minimum Gasteiger partial charge on any atom is -0.359 e. The second-order valence-electron chi connectivity index (χ2n) is 7.42. The molecule has 1 fully saturated rings. The first-order valence-corrected chi connectivity index (χ1v) is 9.02. The molecule has 0 radical (unpaired) electrons. The minimum absolute atomic E-state index is 0.0575. The number of aryl methyl sites for hydroxylation is 1. The molecule has 2 atom stereocenters. The standard InChI is InChI=1S/C16H25FN6S/c1-16(2,3)14-20-15(24-21-14)19-8-12-7-11(17)9-23(12)10-13-18-5-6-22(13)4/h5-6,11-12H,7-10H2,1-4H3,(H,19,20,21)/t11-,12-/m0/s1. The summed E-state index contributed by atoms with van der Waals surface area (Å²) in [4.78, 5) is 11.0. The zero-order valence-electron chi connectivity index (χ0n) is 14.7. The Hall–Kier alpha value is -1.54. The molecule has 0 bridgehead atoms. The molecular formula is C16H25FN6S. The van der Waals surface area contributed by atoms with Gasteiger partial charge in [-0.3, -0.25) is 4.90 Å². The number of rotatable bonds is 5. The summed E-state index contributed by atoms with van der Waals surface area (Å²) in [5.74, 6) is 1.80. The minimum atomic E-state index is -0.781. The van der Waals surface area contributed by atoms with Gasteiger partial charge in [-0.05, 0) is 6.42 Å². The fourth-order valence-electron chi connectivity index (χ4n) is 2.86. The third kappa shape index (κ3) is 3.92. The number of nitrogens with zero attached hydrogens (tertiary/aromatic N) is 5. The van der Waals surface area contributed by atoms with E-state index in [4.69, 9.17) is 0 Å². The van der Waals surface area contributed by atoms with Crippen LogP contribution in [0.25, 0.3) is 0 Å². The summed E-state index contributed by atoms with van der Waals surface area (Å²) >= 11 is 1.37. The molecular weight excluding hydrogens is 327 g/mol. The van der Waals surface area contributed by atoms with Crippen LogP contribution in [0.15, 0.2) is 12.4 Å². The Morgan fingerprint density at radius 3 is 2.83 bits per heavy atom. The first kappa shape index (κ1) is 17.3. The van der Waals surface area contributed by atoms with E-state index in [2.05, 4.69) is 45.3 Å². The summed E-state index contributed by atoms with van der Waals surface area (Å²) < 4.78 is 20.3. The second-order valence-corrected chi connectivity index (χ2v) is 8.18. The van der Waals surface area contributed by atoms with Crippen molar-refractivity contribution in [2.45, 2.75) is 51.4 Å². The number of hydrogen-bond acceptors (Lipinski definition) is 6. The molecule has 0 spiro atoms. The van der Waals surface area contributed by atoms with E-state index in [0.717, 1.165) is 16.8 Å². The Morgan fingerprint density at radius 1 is 1.42 bits per heavy atom. The van der Waals surface area contributed by atoms with Crippen LogP contribution >= 0.6 is 11.5 Å². The molecule has 8 heteroatoms. The average Bonchev–Trinajstić information content (AvgIpc) is 3.18. The maximum absolute atomic E-state index is 13.9. The molecule has 2 aromatic rings. The molecule has 0 aromatic carbocycles. The van der Waals surface area contributed by atoms with Gasteiger partial charge in [0.2, 0.25) is 5.13 Å². The highest BCUT2D eigenvalue weighted by Crippen LogP contribution is 2.25. The van der Waals surface area contributed by atoms with E-state index in [9.17, 15) is 4.39 Å². The van der Waals surface area contributed by atoms with E-state index in [1.165, 1.54) is 11.5 Å². The van der Waals surface area contributed by atoms with E-state index in [0.29, 0.717) is 26.1 Å². The van der Waals surface area contributed by atoms with Crippen molar-refractivity contribution < 1.29 is 4.39 Å². The molecule has 1 aliphatic rings. The van der Waals surface area contributed by atoms with E-state index in [1.807, 2.05) is 17.8 Å². The number of alkyl halides is 1. The summed E-state index contributed by atoms with van der Waals surface area (Å²) in [7, 11) is 1.97. The number of halogens is 1. The lowest BCUT2D eigenvalue weighted by Gasteiger charge is -2.23. The molecule has 3 heterocycles. The monoisotopic (exact) mass is 352 g/mol. The number of imidazole rings is 1. The van der Waals surface area contributed by atoms with Crippen LogP contribution in [0, 0.1) is 0 Å². The number of nitrogens with one attached hydrogen (secondary N) is 1. The van der Waals surface area contributed by atoms with Crippen LogP contribution in [0.4, 0.5) is 9.52 Å². The molecule has 2 aromatic heterocycles. The molecule has 0 saturated carbocycles. The molecule has 132 valence electrons. The maximum Gasteiger partial charge on any atom is 0.202 e. The normalized spacial score (nSPS) is 22.2. The number of likely N-dealkylation sites (tertiary alicyclic amines) is 1. The second kappa shape index (κ2) is 6.76. The third-order valence-electron chi connectivity index (χ3n) is 4.33.